The average Bonchev–Trinajstić information content (AvgIpc) is 2.92. The van der Waals surface area contributed by atoms with Gasteiger partial charge in [-0.2, -0.15) is 0 Å². The van der Waals surface area contributed by atoms with Gasteiger partial charge in [-0.25, -0.2) is 0 Å². The number of aliphatic imine (C=N–C) groups is 1. The van der Waals surface area contributed by atoms with Gasteiger partial charge < -0.3 is 9.32 Å². The first-order chi connectivity index (χ1) is 10.3. The zero-order valence-corrected chi connectivity index (χ0v) is 12.7. The molecule has 4 heteroatoms. The molecule has 1 saturated carbocycles. The van der Waals surface area contributed by atoms with Gasteiger partial charge in [0, 0.05) is 22.4 Å². The quantitative estimate of drug-likeness (QED) is 0.830. The molecule has 3 nitrogen and oxygen atoms in total. The molecule has 0 spiro atoms. The van der Waals surface area contributed by atoms with Crippen LogP contribution >= 0.6 is 11.8 Å². The molecule has 3 aliphatic rings. The summed E-state index contributed by atoms with van der Waals surface area (Å²) in [6, 6.07) is 8.59. The molecule has 0 atom stereocenters. The van der Waals surface area contributed by atoms with Crippen molar-refractivity contribution >= 4 is 33.6 Å². The van der Waals surface area contributed by atoms with Crippen LogP contribution < -0.4 is 0 Å². The highest BCUT2D eigenvalue weighted by molar-refractivity contribution is 8.17. The minimum atomic E-state index is 0.740. The average molecular weight is 296 g/mol. The molecule has 0 N–H and O–H groups in total. The van der Waals surface area contributed by atoms with Crippen LogP contribution in [0.5, 0.6) is 0 Å². The van der Waals surface area contributed by atoms with E-state index in [0.29, 0.717) is 0 Å². The fourth-order valence-corrected chi connectivity index (χ4v) is 4.64. The number of hydrogen-bond acceptors (Lipinski definition) is 4. The predicted molar refractivity (Wildman–Crippen MR) is 87.2 cm³/mol. The van der Waals surface area contributed by atoms with Crippen LogP contribution in [-0.2, 0) is 0 Å². The molecular weight excluding hydrogens is 280 g/mol. The molecule has 21 heavy (non-hydrogen) atoms. The molecule has 3 heterocycles. The summed E-state index contributed by atoms with van der Waals surface area (Å²) in [5, 5.41) is 2.38. The molecule has 1 aromatic heterocycles. The number of para-hydroxylation sites is 1. The van der Waals surface area contributed by atoms with Crippen molar-refractivity contribution in [2.24, 2.45) is 10.9 Å². The van der Waals surface area contributed by atoms with E-state index in [1.54, 1.807) is 0 Å². The molecule has 1 aromatic carbocycles. The van der Waals surface area contributed by atoms with Crippen LogP contribution in [0, 0.1) is 12.8 Å². The zero-order valence-electron chi connectivity index (χ0n) is 11.9. The molecule has 2 aromatic rings. The Kier molecular flexibility index (Phi) is 2.37. The van der Waals surface area contributed by atoms with Crippen LogP contribution in [0.2, 0.25) is 0 Å². The molecule has 0 amide bonds. The molecule has 0 bridgehead atoms. The van der Waals surface area contributed by atoms with Crippen LogP contribution in [0.1, 0.15) is 24.2 Å². The number of furan rings is 1. The number of thioether (sulfide) groups is 1. The van der Waals surface area contributed by atoms with E-state index in [1.165, 1.54) is 39.6 Å². The first-order valence-electron chi connectivity index (χ1n) is 7.55. The summed E-state index contributed by atoms with van der Waals surface area (Å²) in [4.78, 5) is 8.56. The number of rotatable bonds is 2. The van der Waals surface area contributed by atoms with Gasteiger partial charge in [-0.05, 0) is 37.8 Å². The highest BCUT2D eigenvalue weighted by Gasteiger charge is 2.40. The van der Waals surface area contributed by atoms with Crippen LogP contribution in [0.25, 0.3) is 16.7 Å². The van der Waals surface area contributed by atoms with Crippen molar-refractivity contribution in [1.29, 1.82) is 0 Å². The van der Waals surface area contributed by atoms with Gasteiger partial charge in [0.2, 0.25) is 0 Å². The Balaban J connectivity index is 1.76. The summed E-state index contributed by atoms with van der Waals surface area (Å²) < 4.78 is 6.00. The van der Waals surface area contributed by atoms with E-state index in [-0.39, 0.29) is 0 Å². The van der Waals surface area contributed by atoms with Crippen LogP contribution in [0.3, 0.4) is 0 Å². The predicted octanol–water partition coefficient (Wildman–Crippen LogP) is 4.24. The lowest BCUT2D eigenvalue weighted by Gasteiger charge is -2.17. The molecule has 0 unspecified atom stereocenters. The maximum Gasteiger partial charge on any atom is 0.168 e. The number of amidine groups is 1. The smallest absolute Gasteiger partial charge is 0.168 e. The molecule has 1 fully saturated rings. The number of benzene rings is 1. The third kappa shape index (κ3) is 1.72. The molecule has 106 valence electrons. The van der Waals surface area contributed by atoms with E-state index in [4.69, 9.17) is 4.42 Å². The number of allylic oxidation sites excluding steroid dienone is 1. The lowest BCUT2D eigenvalue weighted by molar-refractivity contribution is 0.574. The van der Waals surface area contributed by atoms with Gasteiger partial charge in [0.15, 0.2) is 5.17 Å². The Morgan fingerprint density at radius 2 is 2.24 bits per heavy atom. The van der Waals surface area contributed by atoms with Crippen molar-refractivity contribution in [2.45, 2.75) is 19.8 Å². The third-order valence-electron chi connectivity index (χ3n) is 4.38. The zero-order chi connectivity index (χ0) is 14.0. The monoisotopic (exact) mass is 296 g/mol. The first kappa shape index (κ1) is 11.9. The fourth-order valence-electron chi connectivity index (χ4n) is 3.28. The number of nitrogens with zero attached hydrogens (tertiary/aromatic N) is 2. The fraction of sp³-hybridized carbons (Fsp3) is 0.353. The minimum absolute atomic E-state index is 0.740. The van der Waals surface area contributed by atoms with E-state index in [1.807, 2.05) is 18.7 Å². The highest BCUT2D eigenvalue weighted by Crippen LogP contribution is 2.53. The second-order valence-electron chi connectivity index (χ2n) is 5.99. The van der Waals surface area contributed by atoms with E-state index in [2.05, 4.69) is 34.2 Å². The highest BCUT2D eigenvalue weighted by atomic mass is 32.2. The normalized spacial score (nSPS) is 21.4. The van der Waals surface area contributed by atoms with Crippen LogP contribution in [-0.4, -0.2) is 23.2 Å². The Morgan fingerprint density at radius 1 is 1.33 bits per heavy atom. The topological polar surface area (TPSA) is 28.7 Å². The minimum Gasteiger partial charge on any atom is -0.461 e. The number of aryl methyl sites for hydroxylation is 1. The summed E-state index contributed by atoms with van der Waals surface area (Å²) in [6.07, 6.45) is 2.64. The van der Waals surface area contributed by atoms with Crippen LogP contribution in [0.4, 0.5) is 0 Å². The second-order valence-corrected chi connectivity index (χ2v) is 7.00. The molecular formula is C17H16N2OS. The lowest BCUT2D eigenvalue weighted by Crippen LogP contribution is -2.20. The van der Waals surface area contributed by atoms with Gasteiger partial charge in [0.25, 0.3) is 0 Å². The van der Waals surface area contributed by atoms with Gasteiger partial charge >= 0.3 is 0 Å². The van der Waals surface area contributed by atoms with E-state index < -0.39 is 0 Å². The molecule has 0 radical (unpaired) electrons. The molecule has 1 aliphatic carbocycles. The maximum absolute atomic E-state index is 6.00. The van der Waals surface area contributed by atoms with Gasteiger partial charge in [0.05, 0.1) is 12.2 Å². The summed E-state index contributed by atoms with van der Waals surface area (Å²) >= 11 is 1.88. The maximum atomic E-state index is 6.00. The van der Waals surface area contributed by atoms with E-state index >= 15 is 0 Å². The van der Waals surface area contributed by atoms with Crippen molar-refractivity contribution in [1.82, 2.24) is 4.90 Å². The summed E-state index contributed by atoms with van der Waals surface area (Å²) in [7, 11) is 0. The van der Waals surface area contributed by atoms with E-state index in [0.717, 1.165) is 30.4 Å². The van der Waals surface area contributed by atoms with Gasteiger partial charge in [-0.3, -0.25) is 4.99 Å². The van der Waals surface area contributed by atoms with Crippen molar-refractivity contribution in [3.05, 3.63) is 40.5 Å². The molecule has 0 saturated heterocycles. The number of hydrogen-bond donors (Lipinski definition) is 0. The Bertz CT molecular complexity index is 813. The molecule has 5 rings (SSSR count). The third-order valence-corrected chi connectivity index (χ3v) is 5.66. The van der Waals surface area contributed by atoms with Gasteiger partial charge in [0.1, 0.15) is 11.3 Å². The van der Waals surface area contributed by atoms with Gasteiger partial charge in [-0.1, -0.05) is 23.9 Å². The lowest BCUT2D eigenvalue weighted by atomic mass is 10.1. The van der Waals surface area contributed by atoms with Crippen molar-refractivity contribution in [3.8, 4) is 0 Å². The first-order valence-corrected chi connectivity index (χ1v) is 8.36. The Labute approximate surface area is 127 Å². The second kappa shape index (κ2) is 4.17. The van der Waals surface area contributed by atoms with Crippen molar-refractivity contribution in [3.63, 3.8) is 0 Å². The standard InChI is InChI=1S/C17H16N2OS/c1-10-9-12-3-2-4-13(15(12)20-10)14-16(11-5-6-11)21-17-18-7-8-19(14)17/h2-4,9,11H,5-8H2,1H3. The summed E-state index contributed by atoms with van der Waals surface area (Å²) in [5.41, 5.74) is 3.62. The SMILES string of the molecule is Cc1cc2cccc(C3=C(C4CC4)SC4=NCCN43)c2o1. The number of fused-ring (bicyclic) bond motifs is 2. The van der Waals surface area contributed by atoms with Gasteiger partial charge in [-0.15, -0.1) is 0 Å². The van der Waals surface area contributed by atoms with Crippen molar-refractivity contribution < 1.29 is 4.42 Å². The Hall–Kier alpha value is -1.68. The largest absolute Gasteiger partial charge is 0.461 e. The van der Waals surface area contributed by atoms with Crippen LogP contribution in [0.15, 0.2) is 38.6 Å². The Morgan fingerprint density at radius 3 is 3.10 bits per heavy atom. The summed E-state index contributed by atoms with van der Waals surface area (Å²) in [6.45, 7) is 3.94. The molecule has 2 aliphatic heterocycles. The summed E-state index contributed by atoms with van der Waals surface area (Å²) in [5.74, 6) is 1.72. The van der Waals surface area contributed by atoms with E-state index in [9.17, 15) is 0 Å². The van der Waals surface area contributed by atoms with Crippen molar-refractivity contribution in [2.75, 3.05) is 13.1 Å².